The molecule has 4 nitrogen and oxygen atoms in total. The van der Waals surface area contributed by atoms with E-state index in [1.54, 1.807) is 17.8 Å². The lowest BCUT2D eigenvalue weighted by molar-refractivity contribution is 0.0563. The average Bonchev–Trinajstić information content (AvgIpc) is 2.93. The molecule has 19 heavy (non-hydrogen) atoms. The van der Waals surface area contributed by atoms with Crippen LogP contribution in [0.2, 0.25) is 0 Å². The van der Waals surface area contributed by atoms with Crippen LogP contribution in [0.3, 0.4) is 0 Å². The van der Waals surface area contributed by atoms with Crippen molar-refractivity contribution in [3.63, 3.8) is 0 Å². The molecule has 1 aromatic heterocycles. The molecule has 0 bridgehead atoms. The minimum atomic E-state index is -0.459. The zero-order chi connectivity index (χ0) is 13.7. The SMILES string of the molecule is COC(=O)c1occc1CNc1ccc(SC)cc1. The van der Waals surface area contributed by atoms with Gasteiger partial charge in [0.05, 0.1) is 13.4 Å². The van der Waals surface area contributed by atoms with Crippen molar-refractivity contribution in [1.29, 1.82) is 0 Å². The number of esters is 1. The fraction of sp³-hybridized carbons (Fsp3) is 0.214. The van der Waals surface area contributed by atoms with Crippen LogP contribution in [-0.4, -0.2) is 19.3 Å². The Morgan fingerprint density at radius 1 is 1.32 bits per heavy atom. The maximum absolute atomic E-state index is 11.4. The number of rotatable bonds is 5. The van der Waals surface area contributed by atoms with Crippen LogP contribution >= 0.6 is 11.8 Å². The molecule has 0 fully saturated rings. The minimum absolute atomic E-state index is 0.246. The summed E-state index contributed by atoms with van der Waals surface area (Å²) in [5.74, 6) is -0.213. The van der Waals surface area contributed by atoms with E-state index in [1.807, 2.05) is 30.5 Å². The molecule has 0 aliphatic heterocycles. The number of methoxy groups -OCH3 is 1. The summed E-state index contributed by atoms with van der Waals surface area (Å²) in [6, 6.07) is 9.86. The molecule has 100 valence electrons. The van der Waals surface area contributed by atoms with Gasteiger partial charge in [-0.05, 0) is 36.6 Å². The molecule has 1 N–H and O–H groups in total. The monoisotopic (exact) mass is 277 g/mol. The van der Waals surface area contributed by atoms with Crippen molar-refractivity contribution in [2.45, 2.75) is 11.4 Å². The summed E-state index contributed by atoms with van der Waals surface area (Å²) >= 11 is 1.70. The summed E-state index contributed by atoms with van der Waals surface area (Å²) in [6.45, 7) is 0.513. The summed E-state index contributed by atoms with van der Waals surface area (Å²) in [5.41, 5.74) is 1.77. The van der Waals surface area contributed by atoms with Crippen molar-refractivity contribution in [2.75, 3.05) is 18.7 Å². The fourth-order valence-electron chi connectivity index (χ4n) is 1.65. The van der Waals surface area contributed by atoms with Gasteiger partial charge in [0.2, 0.25) is 5.76 Å². The molecule has 5 heteroatoms. The molecular weight excluding hydrogens is 262 g/mol. The van der Waals surface area contributed by atoms with E-state index in [0.717, 1.165) is 11.3 Å². The largest absolute Gasteiger partial charge is 0.463 e. The number of carbonyl (C=O) groups is 1. The van der Waals surface area contributed by atoms with Gasteiger partial charge in [-0.2, -0.15) is 0 Å². The Morgan fingerprint density at radius 2 is 2.05 bits per heavy atom. The first kappa shape index (κ1) is 13.5. The first-order valence-electron chi connectivity index (χ1n) is 5.77. The first-order chi connectivity index (χ1) is 9.24. The number of furan rings is 1. The third kappa shape index (κ3) is 3.32. The van der Waals surface area contributed by atoms with Crippen LogP contribution in [0.15, 0.2) is 45.9 Å². The van der Waals surface area contributed by atoms with Gasteiger partial charge in [0.25, 0.3) is 0 Å². The molecule has 0 radical (unpaired) electrons. The smallest absolute Gasteiger partial charge is 0.374 e. The van der Waals surface area contributed by atoms with Gasteiger partial charge in [-0.15, -0.1) is 11.8 Å². The van der Waals surface area contributed by atoms with Crippen LogP contribution in [0.5, 0.6) is 0 Å². The van der Waals surface area contributed by atoms with E-state index in [2.05, 4.69) is 10.1 Å². The average molecular weight is 277 g/mol. The molecule has 1 heterocycles. The van der Waals surface area contributed by atoms with E-state index >= 15 is 0 Å². The highest BCUT2D eigenvalue weighted by Gasteiger charge is 2.15. The second kappa shape index (κ2) is 6.33. The fourth-order valence-corrected chi connectivity index (χ4v) is 2.06. The lowest BCUT2D eigenvalue weighted by Gasteiger charge is -2.06. The van der Waals surface area contributed by atoms with Gasteiger partial charge in [-0.3, -0.25) is 0 Å². The summed E-state index contributed by atoms with van der Waals surface area (Å²) in [7, 11) is 1.34. The third-order valence-electron chi connectivity index (χ3n) is 2.69. The molecular formula is C14H15NO3S. The Kier molecular flexibility index (Phi) is 4.52. The van der Waals surface area contributed by atoms with Crippen molar-refractivity contribution in [1.82, 2.24) is 0 Å². The van der Waals surface area contributed by atoms with E-state index in [4.69, 9.17) is 4.42 Å². The number of ether oxygens (including phenoxy) is 1. The molecule has 1 aromatic carbocycles. The summed E-state index contributed by atoms with van der Waals surface area (Å²) < 4.78 is 9.78. The van der Waals surface area contributed by atoms with Crippen LogP contribution in [0.1, 0.15) is 16.1 Å². The number of nitrogens with one attached hydrogen (secondary N) is 1. The molecule has 0 unspecified atom stereocenters. The van der Waals surface area contributed by atoms with Crippen LogP contribution in [0.4, 0.5) is 5.69 Å². The number of hydrogen-bond donors (Lipinski definition) is 1. The molecule has 0 atom stereocenters. The molecule has 2 aromatic rings. The van der Waals surface area contributed by atoms with Crippen LogP contribution in [0.25, 0.3) is 0 Å². The molecule has 0 aliphatic carbocycles. The number of carbonyl (C=O) groups excluding carboxylic acids is 1. The van der Waals surface area contributed by atoms with Crippen molar-refractivity contribution >= 4 is 23.4 Å². The zero-order valence-corrected chi connectivity index (χ0v) is 11.6. The highest BCUT2D eigenvalue weighted by molar-refractivity contribution is 7.98. The number of thioether (sulfide) groups is 1. The zero-order valence-electron chi connectivity index (χ0n) is 10.8. The predicted molar refractivity (Wildman–Crippen MR) is 75.6 cm³/mol. The lowest BCUT2D eigenvalue weighted by Crippen LogP contribution is -2.06. The van der Waals surface area contributed by atoms with Crippen LogP contribution < -0.4 is 5.32 Å². The maximum Gasteiger partial charge on any atom is 0.374 e. The van der Waals surface area contributed by atoms with E-state index in [9.17, 15) is 4.79 Å². The topological polar surface area (TPSA) is 51.5 Å². The Hall–Kier alpha value is -1.88. The van der Waals surface area contributed by atoms with Gasteiger partial charge in [-0.1, -0.05) is 0 Å². The van der Waals surface area contributed by atoms with Gasteiger partial charge < -0.3 is 14.5 Å². The minimum Gasteiger partial charge on any atom is -0.463 e. The van der Waals surface area contributed by atoms with Crippen molar-refractivity contribution in [3.05, 3.63) is 47.9 Å². The van der Waals surface area contributed by atoms with Gasteiger partial charge in [-0.25, -0.2) is 4.79 Å². The summed E-state index contributed by atoms with van der Waals surface area (Å²) in [4.78, 5) is 12.7. The number of benzene rings is 1. The number of hydrogen-bond acceptors (Lipinski definition) is 5. The normalized spacial score (nSPS) is 10.2. The molecule has 0 amide bonds. The van der Waals surface area contributed by atoms with E-state index < -0.39 is 5.97 Å². The van der Waals surface area contributed by atoms with Crippen LogP contribution in [-0.2, 0) is 11.3 Å². The molecule has 0 saturated heterocycles. The van der Waals surface area contributed by atoms with Crippen molar-refractivity contribution in [2.24, 2.45) is 0 Å². The maximum atomic E-state index is 11.4. The molecule has 0 saturated carbocycles. The Bertz CT molecular complexity index is 548. The summed E-state index contributed by atoms with van der Waals surface area (Å²) in [6.07, 6.45) is 3.52. The first-order valence-corrected chi connectivity index (χ1v) is 6.99. The van der Waals surface area contributed by atoms with E-state index in [1.165, 1.54) is 18.3 Å². The Balaban J connectivity index is 2.02. The quantitative estimate of drug-likeness (QED) is 0.670. The lowest BCUT2D eigenvalue weighted by atomic mass is 10.2. The Labute approximate surface area is 116 Å². The second-order valence-corrected chi connectivity index (χ2v) is 4.73. The van der Waals surface area contributed by atoms with Gasteiger partial charge in [0, 0.05) is 22.7 Å². The van der Waals surface area contributed by atoms with E-state index in [-0.39, 0.29) is 5.76 Å². The van der Waals surface area contributed by atoms with Gasteiger partial charge in [0.15, 0.2) is 0 Å². The van der Waals surface area contributed by atoms with E-state index in [0.29, 0.717) is 6.54 Å². The van der Waals surface area contributed by atoms with Crippen molar-refractivity contribution < 1.29 is 13.9 Å². The molecule has 0 aliphatic rings. The van der Waals surface area contributed by atoms with Crippen molar-refractivity contribution in [3.8, 4) is 0 Å². The second-order valence-electron chi connectivity index (χ2n) is 3.85. The highest BCUT2D eigenvalue weighted by Crippen LogP contribution is 2.19. The molecule has 2 rings (SSSR count). The standard InChI is InChI=1S/C14H15NO3S/c1-17-14(16)13-10(7-8-18-13)9-15-11-3-5-12(19-2)6-4-11/h3-8,15H,9H2,1-2H3. The number of anilines is 1. The third-order valence-corrected chi connectivity index (χ3v) is 3.43. The Morgan fingerprint density at radius 3 is 2.68 bits per heavy atom. The predicted octanol–water partition coefficient (Wildman–Crippen LogP) is 3.40. The van der Waals surface area contributed by atoms with Crippen LogP contribution in [0, 0.1) is 0 Å². The highest BCUT2D eigenvalue weighted by atomic mass is 32.2. The molecule has 0 spiro atoms. The summed E-state index contributed by atoms with van der Waals surface area (Å²) in [5, 5.41) is 3.24. The van der Waals surface area contributed by atoms with Gasteiger partial charge in [0.1, 0.15) is 0 Å². The van der Waals surface area contributed by atoms with Gasteiger partial charge >= 0.3 is 5.97 Å².